The van der Waals surface area contributed by atoms with Crippen LogP contribution in [-0.4, -0.2) is 25.2 Å². The second kappa shape index (κ2) is 2.23. The fourth-order valence-corrected chi connectivity index (χ4v) is 1.69. The van der Waals surface area contributed by atoms with Gasteiger partial charge in [-0.3, -0.25) is 4.79 Å². The number of rotatable bonds is 0. The summed E-state index contributed by atoms with van der Waals surface area (Å²) in [5.41, 5.74) is 0. The first-order valence-corrected chi connectivity index (χ1v) is 3.76. The zero-order chi connectivity index (χ0) is 6.97. The molecular formula is C7H11NO2. The number of hydrogen-bond donors (Lipinski definition) is 1. The number of fused-ring (bicyclic) bond motifs is 1. The molecule has 0 bridgehead atoms. The third-order valence-corrected chi connectivity index (χ3v) is 2.25. The summed E-state index contributed by atoms with van der Waals surface area (Å²) in [6.07, 6.45) is 1.85. The van der Waals surface area contributed by atoms with Gasteiger partial charge in [-0.1, -0.05) is 0 Å². The van der Waals surface area contributed by atoms with Crippen molar-refractivity contribution in [2.75, 3.05) is 13.1 Å². The summed E-state index contributed by atoms with van der Waals surface area (Å²) in [4.78, 5) is 10.8. The molecule has 1 N–H and O–H groups in total. The number of carbonyl (C=O) groups excluding carboxylic acids is 1. The third-order valence-electron chi connectivity index (χ3n) is 2.25. The van der Waals surface area contributed by atoms with Crippen LogP contribution in [0.4, 0.5) is 0 Å². The number of esters is 1. The first kappa shape index (κ1) is 6.16. The van der Waals surface area contributed by atoms with Crippen molar-refractivity contribution in [3.05, 3.63) is 0 Å². The molecule has 2 aliphatic rings. The molecule has 2 atom stereocenters. The van der Waals surface area contributed by atoms with E-state index in [1.807, 2.05) is 0 Å². The van der Waals surface area contributed by atoms with Crippen LogP contribution in [0.1, 0.15) is 12.8 Å². The Morgan fingerprint density at radius 1 is 1.60 bits per heavy atom. The van der Waals surface area contributed by atoms with Crippen LogP contribution in [0.5, 0.6) is 0 Å². The minimum absolute atomic E-state index is 0.0151. The number of nitrogens with one attached hydrogen (secondary N) is 1. The first-order chi connectivity index (χ1) is 4.86. The van der Waals surface area contributed by atoms with E-state index < -0.39 is 0 Å². The van der Waals surface area contributed by atoms with Crippen molar-refractivity contribution in [2.45, 2.75) is 18.9 Å². The quantitative estimate of drug-likeness (QED) is 0.479. The van der Waals surface area contributed by atoms with Gasteiger partial charge in [0, 0.05) is 12.5 Å². The Labute approximate surface area is 59.7 Å². The van der Waals surface area contributed by atoms with E-state index >= 15 is 0 Å². The fourth-order valence-electron chi connectivity index (χ4n) is 1.69. The summed E-state index contributed by atoms with van der Waals surface area (Å²) in [5, 5.41) is 3.24. The van der Waals surface area contributed by atoms with E-state index in [0.717, 1.165) is 19.5 Å². The second-order valence-corrected chi connectivity index (χ2v) is 2.99. The molecule has 2 heterocycles. The maximum atomic E-state index is 10.8. The lowest BCUT2D eigenvalue weighted by molar-refractivity contribution is -0.141. The smallest absolute Gasteiger partial charge is 0.306 e. The van der Waals surface area contributed by atoms with Crippen molar-refractivity contribution in [1.82, 2.24) is 5.32 Å². The van der Waals surface area contributed by atoms with E-state index in [-0.39, 0.29) is 12.1 Å². The highest BCUT2D eigenvalue weighted by molar-refractivity contribution is 5.72. The van der Waals surface area contributed by atoms with Crippen LogP contribution in [0.2, 0.25) is 0 Å². The molecule has 2 fully saturated rings. The molecule has 0 aliphatic carbocycles. The Morgan fingerprint density at radius 2 is 2.50 bits per heavy atom. The second-order valence-electron chi connectivity index (χ2n) is 2.99. The number of ether oxygens (including phenoxy) is 1. The van der Waals surface area contributed by atoms with Gasteiger partial charge in [0.2, 0.25) is 0 Å². The predicted octanol–water partition coefficient (Wildman–Crippen LogP) is -0.0886. The van der Waals surface area contributed by atoms with Gasteiger partial charge in [0.25, 0.3) is 0 Å². The van der Waals surface area contributed by atoms with Crippen LogP contribution in [0.3, 0.4) is 0 Å². The molecule has 56 valence electrons. The molecule has 0 radical (unpaired) electrons. The maximum Gasteiger partial charge on any atom is 0.306 e. The summed E-state index contributed by atoms with van der Waals surface area (Å²) in [5.74, 6) is 0.444. The van der Waals surface area contributed by atoms with Gasteiger partial charge in [0.15, 0.2) is 0 Å². The molecule has 3 heteroatoms. The van der Waals surface area contributed by atoms with E-state index in [9.17, 15) is 4.79 Å². The van der Waals surface area contributed by atoms with Crippen LogP contribution >= 0.6 is 0 Å². The molecule has 10 heavy (non-hydrogen) atoms. The van der Waals surface area contributed by atoms with E-state index in [4.69, 9.17) is 4.74 Å². The fraction of sp³-hybridized carbons (Fsp3) is 0.857. The molecule has 2 rings (SSSR count). The lowest BCUT2D eigenvalue weighted by Crippen LogP contribution is -2.37. The van der Waals surface area contributed by atoms with Gasteiger partial charge in [-0.25, -0.2) is 0 Å². The van der Waals surface area contributed by atoms with E-state index in [0.29, 0.717) is 12.3 Å². The molecule has 0 aromatic rings. The molecule has 2 aliphatic heterocycles. The molecule has 0 aromatic heterocycles. The van der Waals surface area contributed by atoms with Gasteiger partial charge in [-0.05, 0) is 13.0 Å². The summed E-state index contributed by atoms with van der Waals surface area (Å²) in [7, 11) is 0. The van der Waals surface area contributed by atoms with Crippen molar-refractivity contribution in [2.24, 2.45) is 5.92 Å². The molecule has 2 saturated heterocycles. The van der Waals surface area contributed by atoms with E-state index in [2.05, 4.69) is 5.32 Å². The Hall–Kier alpha value is -0.570. The van der Waals surface area contributed by atoms with Gasteiger partial charge >= 0.3 is 5.97 Å². The molecule has 2 unspecified atom stereocenters. The SMILES string of the molecule is O=C1CC2CNCCC2O1. The molecule has 0 amide bonds. The van der Waals surface area contributed by atoms with Crippen LogP contribution in [-0.2, 0) is 9.53 Å². The standard InChI is InChI=1S/C7H11NO2/c9-7-3-5-4-8-2-1-6(5)10-7/h5-6,8H,1-4H2. The summed E-state index contributed by atoms with van der Waals surface area (Å²) in [6.45, 7) is 1.95. The Kier molecular flexibility index (Phi) is 1.38. The zero-order valence-corrected chi connectivity index (χ0v) is 5.80. The maximum absolute atomic E-state index is 10.8. The third kappa shape index (κ3) is 0.904. The van der Waals surface area contributed by atoms with Gasteiger partial charge in [-0.2, -0.15) is 0 Å². The van der Waals surface area contributed by atoms with Crippen LogP contribution in [0, 0.1) is 5.92 Å². The summed E-state index contributed by atoms with van der Waals surface area (Å²) >= 11 is 0. The molecule has 0 spiro atoms. The predicted molar refractivity (Wildman–Crippen MR) is 35.5 cm³/mol. The van der Waals surface area contributed by atoms with Crippen molar-refractivity contribution in [3.8, 4) is 0 Å². The van der Waals surface area contributed by atoms with Crippen LogP contribution in [0.25, 0.3) is 0 Å². The molecular weight excluding hydrogens is 130 g/mol. The van der Waals surface area contributed by atoms with Crippen molar-refractivity contribution in [3.63, 3.8) is 0 Å². The van der Waals surface area contributed by atoms with Crippen molar-refractivity contribution in [1.29, 1.82) is 0 Å². The van der Waals surface area contributed by atoms with Crippen molar-refractivity contribution < 1.29 is 9.53 Å². The lowest BCUT2D eigenvalue weighted by Gasteiger charge is -2.23. The van der Waals surface area contributed by atoms with Crippen LogP contribution < -0.4 is 5.32 Å². The Morgan fingerprint density at radius 3 is 3.30 bits per heavy atom. The zero-order valence-electron chi connectivity index (χ0n) is 5.80. The van der Waals surface area contributed by atoms with Gasteiger partial charge < -0.3 is 10.1 Å². The Balaban J connectivity index is 2.04. The van der Waals surface area contributed by atoms with Crippen molar-refractivity contribution >= 4 is 5.97 Å². The molecule has 0 aromatic carbocycles. The first-order valence-electron chi connectivity index (χ1n) is 3.76. The minimum Gasteiger partial charge on any atom is -0.462 e. The number of hydrogen-bond acceptors (Lipinski definition) is 3. The number of piperidine rings is 1. The molecule has 3 nitrogen and oxygen atoms in total. The largest absolute Gasteiger partial charge is 0.462 e. The normalized spacial score (nSPS) is 39.0. The topological polar surface area (TPSA) is 38.3 Å². The highest BCUT2D eigenvalue weighted by Crippen LogP contribution is 2.25. The van der Waals surface area contributed by atoms with Gasteiger partial charge in [-0.15, -0.1) is 0 Å². The summed E-state index contributed by atoms with van der Waals surface area (Å²) < 4.78 is 5.09. The monoisotopic (exact) mass is 141 g/mol. The van der Waals surface area contributed by atoms with E-state index in [1.165, 1.54) is 0 Å². The highest BCUT2D eigenvalue weighted by Gasteiger charge is 2.35. The Bertz CT molecular complexity index is 142. The van der Waals surface area contributed by atoms with E-state index in [1.54, 1.807) is 0 Å². The number of carbonyl (C=O) groups is 1. The average Bonchev–Trinajstić information content (AvgIpc) is 2.27. The van der Waals surface area contributed by atoms with Crippen LogP contribution in [0.15, 0.2) is 0 Å². The molecule has 0 saturated carbocycles. The minimum atomic E-state index is -0.0151. The average molecular weight is 141 g/mol. The van der Waals surface area contributed by atoms with Gasteiger partial charge in [0.05, 0.1) is 6.42 Å². The highest BCUT2D eigenvalue weighted by atomic mass is 16.5. The summed E-state index contributed by atoms with van der Waals surface area (Å²) in [6, 6.07) is 0. The van der Waals surface area contributed by atoms with Gasteiger partial charge in [0.1, 0.15) is 6.10 Å². The lowest BCUT2D eigenvalue weighted by atomic mass is 9.96.